The molecule has 3 aromatic rings. The van der Waals surface area contributed by atoms with E-state index in [1.165, 1.54) is 18.2 Å². The van der Waals surface area contributed by atoms with Gasteiger partial charge in [0.25, 0.3) is 5.91 Å². The molecule has 0 aliphatic heterocycles. The largest absolute Gasteiger partial charge is 0.507 e. The fraction of sp³-hybridized carbons (Fsp3) is 0. The van der Waals surface area contributed by atoms with Crippen LogP contribution in [0.3, 0.4) is 0 Å². The Hall–Kier alpha value is -3.34. The van der Waals surface area contributed by atoms with Crippen LogP contribution in [0, 0.1) is 5.82 Å². The van der Waals surface area contributed by atoms with Crippen molar-refractivity contribution in [3.05, 3.63) is 78.1 Å². The highest BCUT2D eigenvalue weighted by Crippen LogP contribution is 2.35. The second-order valence-corrected chi connectivity index (χ2v) is 5.15. The molecule has 5 heteroatoms. The molecule has 24 heavy (non-hydrogen) atoms. The highest BCUT2D eigenvalue weighted by Gasteiger charge is 2.13. The Morgan fingerprint density at radius 3 is 2.46 bits per heavy atom. The molecule has 3 N–H and O–H groups in total. The van der Waals surface area contributed by atoms with Crippen LogP contribution in [0.1, 0.15) is 10.4 Å². The van der Waals surface area contributed by atoms with E-state index in [9.17, 15) is 14.3 Å². The van der Waals surface area contributed by atoms with Gasteiger partial charge in [-0.05, 0) is 42.0 Å². The summed E-state index contributed by atoms with van der Waals surface area (Å²) in [6.45, 7) is 0. The smallest absolute Gasteiger partial charge is 0.252 e. The minimum atomic E-state index is -0.786. The fourth-order valence-electron chi connectivity index (χ4n) is 2.34. The number of carbonyl (C=O) groups is 1. The predicted molar refractivity (Wildman–Crippen MR) is 88.5 cm³/mol. The third kappa shape index (κ3) is 3.20. The summed E-state index contributed by atoms with van der Waals surface area (Å²) in [4.78, 5) is 11.4. The Labute approximate surface area is 137 Å². The van der Waals surface area contributed by atoms with Gasteiger partial charge in [0.2, 0.25) is 0 Å². The summed E-state index contributed by atoms with van der Waals surface area (Å²) in [5, 5.41) is 10.1. The Morgan fingerprint density at radius 1 is 1.00 bits per heavy atom. The van der Waals surface area contributed by atoms with Gasteiger partial charge < -0.3 is 15.6 Å². The lowest BCUT2D eigenvalue weighted by Crippen LogP contribution is -2.12. The van der Waals surface area contributed by atoms with E-state index < -0.39 is 11.7 Å². The van der Waals surface area contributed by atoms with Crippen LogP contribution in [0.15, 0.2) is 66.7 Å². The molecule has 4 nitrogen and oxygen atoms in total. The van der Waals surface area contributed by atoms with Crippen molar-refractivity contribution in [3.63, 3.8) is 0 Å². The topological polar surface area (TPSA) is 72.6 Å². The Morgan fingerprint density at radius 2 is 1.75 bits per heavy atom. The average Bonchev–Trinajstić information content (AvgIpc) is 2.58. The van der Waals surface area contributed by atoms with Gasteiger partial charge in [0.1, 0.15) is 23.1 Å². The molecule has 0 radical (unpaired) electrons. The van der Waals surface area contributed by atoms with E-state index in [1.54, 1.807) is 12.1 Å². The summed E-state index contributed by atoms with van der Waals surface area (Å²) in [5.41, 5.74) is 6.60. The number of ether oxygens (including phenoxy) is 1. The van der Waals surface area contributed by atoms with Gasteiger partial charge >= 0.3 is 0 Å². The molecule has 0 aromatic heterocycles. The number of primary amides is 1. The van der Waals surface area contributed by atoms with Gasteiger partial charge in [0, 0.05) is 5.56 Å². The Bertz CT molecular complexity index is 894. The Balaban J connectivity index is 1.99. The molecule has 0 unspecified atom stereocenters. The molecule has 0 spiro atoms. The molecule has 0 aliphatic rings. The van der Waals surface area contributed by atoms with E-state index >= 15 is 0 Å². The molecule has 1 amide bonds. The summed E-state index contributed by atoms with van der Waals surface area (Å²) in [7, 11) is 0. The first-order chi connectivity index (χ1) is 11.5. The quantitative estimate of drug-likeness (QED) is 0.759. The number of amides is 1. The van der Waals surface area contributed by atoms with Crippen molar-refractivity contribution in [1.29, 1.82) is 0 Å². The maximum Gasteiger partial charge on any atom is 0.252 e. The van der Waals surface area contributed by atoms with E-state index in [2.05, 4.69) is 0 Å². The summed E-state index contributed by atoms with van der Waals surface area (Å²) in [6, 6.07) is 17.5. The van der Waals surface area contributed by atoms with Gasteiger partial charge in [-0.15, -0.1) is 0 Å². The van der Waals surface area contributed by atoms with Gasteiger partial charge in [-0.1, -0.05) is 30.3 Å². The second-order valence-electron chi connectivity index (χ2n) is 5.15. The van der Waals surface area contributed by atoms with Crippen LogP contribution in [-0.2, 0) is 0 Å². The van der Waals surface area contributed by atoms with Crippen LogP contribution in [0.25, 0.3) is 11.1 Å². The number of phenolic OH excluding ortho intramolecular Hbond substituents is 1. The predicted octanol–water partition coefficient (Wildman–Crippen LogP) is 4.09. The minimum absolute atomic E-state index is 0.0515. The van der Waals surface area contributed by atoms with Crippen molar-refractivity contribution < 1.29 is 19.0 Å². The number of hydrogen-bond acceptors (Lipinski definition) is 3. The first kappa shape index (κ1) is 15.6. The Kier molecular flexibility index (Phi) is 4.16. The maximum absolute atomic E-state index is 13.3. The summed E-state index contributed by atoms with van der Waals surface area (Å²) in [5.74, 6) is -0.726. The van der Waals surface area contributed by atoms with Gasteiger partial charge in [-0.25, -0.2) is 4.39 Å². The normalized spacial score (nSPS) is 10.4. The molecule has 3 rings (SSSR count). The average molecular weight is 323 g/mol. The van der Waals surface area contributed by atoms with Crippen molar-refractivity contribution in [2.24, 2.45) is 5.73 Å². The molecule has 0 atom stereocenters. The van der Waals surface area contributed by atoms with E-state index in [0.29, 0.717) is 11.3 Å². The molecule has 0 saturated heterocycles. The molecule has 0 saturated carbocycles. The van der Waals surface area contributed by atoms with Crippen molar-refractivity contribution in [3.8, 4) is 28.4 Å². The first-order valence-electron chi connectivity index (χ1n) is 7.20. The van der Waals surface area contributed by atoms with Crippen molar-refractivity contribution >= 4 is 5.91 Å². The third-order valence-corrected chi connectivity index (χ3v) is 3.49. The number of carbonyl (C=O) groups excluding carboxylic acids is 1. The molecule has 0 heterocycles. The van der Waals surface area contributed by atoms with Crippen LogP contribution in [-0.4, -0.2) is 11.0 Å². The molecule has 0 bridgehead atoms. The van der Waals surface area contributed by atoms with E-state index in [0.717, 1.165) is 11.6 Å². The summed E-state index contributed by atoms with van der Waals surface area (Å²) < 4.78 is 19.0. The number of hydrogen-bond donors (Lipinski definition) is 2. The number of halogens is 1. The minimum Gasteiger partial charge on any atom is -0.507 e. The second kappa shape index (κ2) is 6.42. The van der Waals surface area contributed by atoms with Crippen molar-refractivity contribution in [1.82, 2.24) is 0 Å². The SMILES string of the molecule is NC(=O)c1cc(F)ccc1Oc1ccc(O)c(-c2ccccc2)c1. The van der Waals surface area contributed by atoms with Crippen LogP contribution >= 0.6 is 0 Å². The van der Waals surface area contributed by atoms with Gasteiger partial charge in [0.15, 0.2) is 0 Å². The molecule has 120 valence electrons. The number of benzene rings is 3. The molecular weight excluding hydrogens is 309 g/mol. The standard InChI is InChI=1S/C19H14FNO3/c20-13-6-9-18(16(10-13)19(21)23)24-14-7-8-17(22)15(11-14)12-4-2-1-3-5-12/h1-11,22H,(H2,21,23). The number of aromatic hydroxyl groups is 1. The zero-order valence-electron chi connectivity index (χ0n) is 12.6. The van der Waals surface area contributed by atoms with Crippen LogP contribution < -0.4 is 10.5 Å². The molecule has 0 fully saturated rings. The van der Waals surface area contributed by atoms with Crippen LogP contribution in [0.4, 0.5) is 4.39 Å². The zero-order valence-corrected chi connectivity index (χ0v) is 12.6. The highest BCUT2D eigenvalue weighted by atomic mass is 19.1. The van der Waals surface area contributed by atoms with Gasteiger partial charge in [-0.2, -0.15) is 0 Å². The lowest BCUT2D eigenvalue weighted by atomic mass is 10.0. The number of rotatable bonds is 4. The fourth-order valence-corrected chi connectivity index (χ4v) is 2.34. The summed E-state index contributed by atoms with van der Waals surface area (Å²) >= 11 is 0. The van der Waals surface area contributed by atoms with Crippen LogP contribution in [0.5, 0.6) is 17.2 Å². The van der Waals surface area contributed by atoms with Gasteiger partial charge in [-0.3, -0.25) is 4.79 Å². The molecule has 3 aromatic carbocycles. The van der Waals surface area contributed by atoms with E-state index in [-0.39, 0.29) is 17.1 Å². The highest BCUT2D eigenvalue weighted by molar-refractivity contribution is 5.95. The lowest BCUT2D eigenvalue weighted by Gasteiger charge is -2.12. The monoisotopic (exact) mass is 323 g/mol. The van der Waals surface area contributed by atoms with Gasteiger partial charge in [0.05, 0.1) is 5.56 Å². The van der Waals surface area contributed by atoms with E-state index in [4.69, 9.17) is 10.5 Å². The maximum atomic E-state index is 13.3. The van der Waals surface area contributed by atoms with Crippen LogP contribution in [0.2, 0.25) is 0 Å². The van der Waals surface area contributed by atoms with E-state index in [1.807, 2.05) is 30.3 Å². The first-order valence-corrected chi connectivity index (χ1v) is 7.20. The van der Waals surface area contributed by atoms with Crippen molar-refractivity contribution in [2.75, 3.05) is 0 Å². The lowest BCUT2D eigenvalue weighted by molar-refractivity contribution is 0.0997. The molecular formula is C19H14FNO3. The number of phenols is 1. The van der Waals surface area contributed by atoms with Crippen molar-refractivity contribution in [2.45, 2.75) is 0 Å². The summed E-state index contributed by atoms with van der Waals surface area (Å²) in [6.07, 6.45) is 0. The molecule has 0 aliphatic carbocycles. The zero-order chi connectivity index (χ0) is 17.1. The third-order valence-electron chi connectivity index (χ3n) is 3.49. The number of nitrogens with two attached hydrogens (primary N) is 1.